The third-order valence-electron chi connectivity index (χ3n) is 4.39. The normalized spacial score (nSPS) is 20.8. The van der Waals surface area contributed by atoms with Crippen molar-refractivity contribution in [3.63, 3.8) is 0 Å². The average molecular weight is 276 g/mol. The van der Waals surface area contributed by atoms with Crippen LogP contribution in [0.4, 0.5) is 0 Å². The lowest BCUT2D eigenvalue weighted by molar-refractivity contribution is 0.147. The first kappa shape index (κ1) is 15.3. The van der Waals surface area contributed by atoms with Crippen molar-refractivity contribution in [2.45, 2.75) is 58.7 Å². The minimum absolute atomic E-state index is 0.234. The number of hydrogen-bond donors (Lipinski definition) is 2. The largest absolute Gasteiger partial charge is 0.508 e. The van der Waals surface area contributed by atoms with E-state index in [9.17, 15) is 5.11 Å². The Labute approximate surface area is 123 Å². The second-order valence-electron chi connectivity index (χ2n) is 6.32. The summed E-state index contributed by atoms with van der Waals surface area (Å²) < 4.78 is 0. The minimum Gasteiger partial charge on any atom is -0.508 e. The van der Waals surface area contributed by atoms with E-state index >= 15 is 0 Å². The predicted octanol–water partition coefficient (Wildman–Crippen LogP) is 3.22. The van der Waals surface area contributed by atoms with Gasteiger partial charge in [-0.15, -0.1) is 0 Å². The number of rotatable bonds is 5. The molecule has 1 aliphatic rings. The van der Waals surface area contributed by atoms with Gasteiger partial charge in [-0.1, -0.05) is 17.7 Å². The molecule has 2 N–H and O–H groups in total. The number of benzene rings is 1. The summed E-state index contributed by atoms with van der Waals surface area (Å²) in [6.07, 6.45) is 2.54. The molecule has 1 fully saturated rings. The highest BCUT2D eigenvalue weighted by molar-refractivity contribution is 5.37. The zero-order valence-electron chi connectivity index (χ0n) is 13.2. The van der Waals surface area contributed by atoms with Gasteiger partial charge in [-0.25, -0.2) is 0 Å². The highest BCUT2D eigenvalue weighted by atomic mass is 16.3. The Balaban J connectivity index is 2.17. The second kappa shape index (κ2) is 6.59. The van der Waals surface area contributed by atoms with Crippen LogP contribution in [-0.2, 0) is 0 Å². The van der Waals surface area contributed by atoms with Gasteiger partial charge < -0.3 is 10.4 Å². The molecule has 0 spiro atoms. The van der Waals surface area contributed by atoms with Gasteiger partial charge >= 0.3 is 0 Å². The fourth-order valence-corrected chi connectivity index (χ4v) is 3.17. The Hall–Kier alpha value is -1.06. The van der Waals surface area contributed by atoms with E-state index in [4.69, 9.17) is 0 Å². The maximum atomic E-state index is 10.2. The SMILES string of the molecule is Cc1ccc(O)c(C(C)N(CC2CCCN2)C(C)C)c1. The summed E-state index contributed by atoms with van der Waals surface area (Å²) in [5, 5.41) is 13.7. The van der Waals surface area contributed by atoms with Crippen LogP contribution in [0.2, 0.25) is 0 Å². The van der Waals surface area contributed by atoms with Crippen LogP contribution in [0.25, 0.3) is 0 Å². The molecule has 0 bridgehead atoms. The Kier molecular flexibility index (Phi) is 5.06. The molecular weight excluding hydrogens is 248 g/mol. The van der Waals surface area contributed by atoms with Gasteiger partial charge in [0.25, 0.3) is 0 Å². The Morgan fingerprint density at radius 3 is 2.70 bits per heavy atom. The van der Waals surface area contributed by atoms with Crippen molar-refractivity contribution >= 4 is 0 Å². The number of phenols is 1. The molecule has 1 aromatic carbocycles. The molecule has 0 amide bonds. The Morgan fingerprint density at radius 1 is 1.35 bits per heavy atom. The summed E-state index contributed by atoms with van der Waals surface area (Å²) in [5.41, 5.74) is 2.24. The molecule has 1 saturated heterocycles. The van der Waals surface area contributed by atoms with Crippen LogP contribution in [0.15, 0.2) is 18.2 Å². The molecular formula is C17H28N2O. The zero-order chi connectivity index (χ0) is 14.7. The van der Waals surface area contributed by atoms with Crippen molar-refractivity contribution in [1.82, 2.24) is 10.2 Å². The number of aryl methyl sites for hydroxylation is 1. The molecule has 1 aliphatic heterocycles. The number of aromatic hydroxyl groups is 1. The molecule has 0 aliphatic carbocycles. The van der Waals surface area contributed by atoms with E-state index in [-0.39, 0.29) is 6.04 Å². The van der Waals surface area contributed by atoms with E-state index in [0.29, 0.717) is 17.8 Å². The van der Waals surface area contributed by atoms with Crippen LogP contribution in [0.5, 0.6) is 5.75 Å². The van der Waals surface area contributed by atoms with E-state index in [1.54, 1.807) is 0 Å². The second-order valence-corrected chi connectivity index (χ2v) is 6.32. The molecule has 3 heteroatoms. The Bertz CT molecular complexity index is 439. The first-order chi connectivity index (χ1) is 9.49. The van der Waals surface area contributed by atoms with Crippen LogP contribution in [0, 0.1) is 6.92 Å². The predicted molar refractivity (Wildman–Crippen MR) is 84.1 cm³/mol. The lowest BCUT2D eigenvalue weighted by atomic mass is 10.0. The van der Waals surface area contributed by atoms with Gasteiger partial charge in [-0.2, -0.15) is 0 Å². The van der Waals surface area contributed by atoms with E-state index in [2.05, 4.69) is 44.0 Å². The third kappa shape index (κ3) is 3.53. The standard InChI is InChI=1S/C17H28N2O/c1-12(2)19(11-15-6-5-9-18-15)14(4)16-10-13(3)7-8-17(16)20/h7-8,10,12,14-15,18,20H,5-6,9,11H2,1-4H3. The summed E-state index contributed by atoms with van der Waals surface area (Å²) in [7, 11) is 0. The quantitative estimate of drug-likeness (QED) is 0.867. The van der Waals surface area contributed by atoms with Gasteiger partial charge in [0.2, 0.25) is 0 Å². The van der Waals surface area contributed by atoms with Crippen LogP contribution in [-0.4, -0.2) is 35.2 Å². The molecule has 1 aromatic rings. The number of hydrogen-bond acceptors (Lipinski definition) is 3. The monoisotopic (exact) mass is 276 g/mol. The fraction of sp³-hybridized carbons (Fsp3) is 0.647. The minimum atomic E-state index is 0.234. The van der Waals surface area contributed by atoms with Crippen LogP contribution in [0.3, 0.4) is 0 Å². The number of phenolic OH excluding ortho intramolecular Hbond substituents is 1. The molecule has 112 valence electrons. The molecule has 2 unspecified atom stereocenters. The molecule has 1 heterocycles. The molecule has 0 radical (unpaired) electrons. The zero-order valence-corrected chi connectivity index (χ0v) is 13.2. The van der Waals surface area contributed by atoms with Gasteiger partial charge in [0.1, 0.15) is 5.75 Å². The topological polar surface area (TPSA) is 35.5 Å². The molecule has 20 heavy (non-hydrogen) atoms. The molecule has 0 saturated carbocycles. The third-order valence-corrected chi connectivity index (χ3v) is 4.39. The molecule has 0 aromatic heterocycles. The lowest BCUT2D eigenvalue weighted by Gasteiger charge is -2.35. The highest BCUT2D eigenvalue weighted by Gasteiger charge is 2.25. The van der Waals surface area contributed by atoms with Crippen LogP contribution >= 0.6 is 0 Å². The number of nitrogens with zero attached hydrogens (tertiary/aromatic N) is 1. The maximum Gasteiger partial charge on any atom is 0.120 e. The summed E-state index contributed by atoms with van der Waals surface area (Å²) >= 11 is 0. The summed E-state index contributed by atoms with van der Waals surface area (Å²) in [6.45, 7) is 10.9. The van der Waals surface area contributed by atoms with E-state index in [1.165, 1.54) is 18.4 Å². The van der Waals surface area contributed by atoms with Crippen molar-refractivity contribution < 1.29 is 5.11 Å². The van der Waals surface area contributed by atoms with Crippen molar-refractivity contribution in [1.29, 1.82) is 0 Å². The van der Waals surface area contributed by atoms with Gasteiger partial charge in [-0.3, -0.25) is 4.90 Å². The lowest BCUT2D eigenvalue weighted by Crippen LogP contribution is -2.42. The van der Waals surface area contributed by atoms with Gasteiger partial charge in [0, 0.05) is 30.2 Å². The van der Waals surface area contributed by atoms with Crippen molar-refractivity contribution in [2.24, 2.45) is 0 Å². The summed E-state index contributed by atoms with van der Waals surface area (Å²) in [6, 6.07) is 7.17. The average Bonchev–Trinajstić information content (AvgIpc) is 2.90. The molecule has 2 atom stereocenters. The van der Waals surface area contributed by atoms with Gasteiger partial charge in [0.15, 0.2) is 0 Å². The molecule has 2 rings (SSSR count). The van der Waals surface area contributed by atoms with Crippen LogP contribution < -0.4 is 5.32 Å². The number of nitrogens with one attached hydrogen (secondary N) is 1. The summed E-state index contributed by atoms with van der Waals surface area (Å²) in [4.78, 5) is 2.48. The first-order valence-corrected chi connectivity index (χ1v) is 7.77. The van der Waals surface area contributed by atoms with E-state index in [1.807, 2.05) is 12.1 Å². The van der Waals surface area contributed by atoms with Crippen molar-refractivity contribution in [3.8, 4) is 5.75 Å². The van der Waals surface area contributed by atoms with E-state index in [0.717, 1.165) is 18.7 Å². The van der Waals surface area contributed by atoms with Crippen LogP contribution in [0.1, 0.15) is 50.8 Å². The van der Waals surface area contributed by atoms with E-state index < -0.39 is 0 Å². The molecule has 3 nitrogen and oxygen atoms in total. The Morgan fingerprint density at radius 2 is 2.10 bits per heavy atom. The fourth-order valence-electron chi connectivity index (χ4n) is 3.17. The maximum absolute atomic E-state index is 10.2. The van der Waals surface area contributed by atoms with Crippen molar-refractivity contribution in [2.75, 3.05) is 13.1 Å². The summed E-state index contributed by atoms with van der Waals surface area (Å²) in [5.74, 6) is 0.410. The van der Waals surface area contributed by atoms with Gasteiger partial charge in [0.05, 0.1) is 0 Å². The smallest absolute Gasteiger partial charge is 0.120 e. The van der Waals surface area contributed by atoms with Gasteiger partial charge in [-0.05, 0) is 53.1 Å². The van der Waals surface area contributed by atoms with Crippen molar-refractivity contribution in [3.05, 3.63) is 29.3 Å². The first-order valence-electron chi connectivity index (χ1n) is 7.77. The highest BCUT2D eigenvalue weighted by Crippen LogP contribution is 2.31.